The smallest absolute Gasteiger partial charge is 0.114 e. The molecule has 0 radical (unpaired) electrons. The minimum absolute atomic E-state index is 0.430. The van der Waals surface area contributed by atoms with Crippen molar-refractivity contribution in [3.8, 4) is 0 Å². The molecule has 5 heteroatoms. The Morgan fingerprint density at radius 1 is 1.53 bits per heavy atom. The summed E-state index contributed by atoms with van der Waals surface area (Å²) in [4.78, 5) is 9.03. The van der Waals surface area contributed by atoms with Gasteiger partial charge in [-0.3, -0.25) is 4.98 Å². The number of anilines is 1. The van der Waals surface area contributed by atoms with Crippen LogP contribution in [0.15, 0.2) is 40.9 Å². The van der Waals surface area contributed by atoms with Crippen molar-refractivity contribution in [3.63, 3.8) is 0 Å². The zero-order valence-electron chi connectivity index (χ0n) is 10.9. The highest BCUT2D eigenvalue weighted by Crippen LogP contribution is 2.46. The van der Waals surface area contributed by atoms with Crippen molar-refractivity contribution in [1.29, 1.82) is 0 Å². The van der Waals surface area contributed by atoms with Gasteiger partial charge in [0.25, 0.3) is 0 Å². The van der Waals surface area contributed by atoms with E-state index in [2.05, 4.69) is 29.9 Å². The number of rotatable bonds is 4. The molecule has 3 rings (SSSR count). The van der Waals surface area contributed by atoms with E-state index < -0.39 is 0 Å². The van der Waals surface area contributed by atoms with Crippen LogP contribution >= 0.6 is 23.1 Å². The number of thioether (sulfide) groups is 1. The fourth-order valence-electron chi connectivity index (χ4n) is 2.09. The molecule has 0 bridgehead atoms. The third-order valence-electron chi connectivity index (χ3n) is 3.39. The van der Waals surface area contributed by atoms with E-state index >= 15 is 0 Å². The molecule has 3 nitrogen and oxygen atoms in total. The number of nitrogens with zero attached hydrogens (tertiary/aromatic N) is 2. The van der Waals surface area contributed by atoms with Gasteiger partial charge >= 0.3 is 0 Å². The Hall–Kier alpha value is -1.20. The lowest BCUT2D eigenvalue weighted by atomic mass is 10.1. The number of hydrogen-bond acceptors (Lipinski definition) is 5. The highest BCUT2D eigenvalue weighted by Gasteiger charge is 2.31. The van der Waals surface area contributed by atoms with Gasteiger partial charge in [-0.05, 0) is 5.92 Å². The van der Waals surface area contributed by atoms with E-state index in [-0.39, 0.29) is 0 Å². The van der Waals surface area contributed by atoms with E-state index in [1.807, 2.05) is 35.8 Å². The van der Waals surface area contributed by atoms with E-state index in [0.717, 1.165) is 12.1 Å². The fraction of sp³-hybridized carbons (Fsp3) is 0.357. The lowest BCUT2D eigenvalue weighted by molar-refractivity contribution is 0.534. The zero-order chi connectivity index (χ0) is 13.2. The summed E-state index contributed by atoms with van der Waals surface area (Å²) >= 11 is 3.61. The molecule has 0 N–H and O–H groups in total. The van der Waals surface area contributed by atoms with E-state index in [4.69, 9.17) is 4.42 Å². The minimum Gasteiger partial charge on any atom is -0.470 e. The van der Waals surface area contributed by atoms with Gasteiger partial charge < -0.3 is 9.32 Å². The SMILES string of the molecule is CCC(C)C1SC(c2cncs2)=CN1c1ccoc1. The van der Waals surface area contributed by atoms with Gasteiger partial charge in [-0.15, -0.1) is 11.3 Å². The van der Waals surface area contributed by atoms with Crippen molar-refractivity contribution in [3.05, 3.63) is 41.4 Å². The molecule has 0 aliphatic carbocycles. The average molecular weight is 292 g/mol. The van der Waals surface area contributed by atoms with Crippen molar-refractivity contribution in [1.82, 2.24) is 4.98 Å². The Kier molecular flexibility index (Phi) is 3.66. The molecule has 19 heavy (non-hydrogen) atoms. The van der Waals surface area contributed by atoms with Gasteiger partial charge in [0.1, 0.15) is 6.26 Å². The lowest BCUT2D eigenvalue weighted by Gasteiger charge is -2.27. The van der Waals surface area contributed by atoms with Gasteiger partial charge in [0.15, 0.2) is 0 Å². The van der Waals surface area contributed by atoms with Crippen LogP contribution in [0.4, 0.5) is 5.69 Å². The standard InChI is InChI=1S/C14H16N2OS2/c1-3-10(2)14-16(11-4-5-17-8-11)7-13(19-14)12-6-15-9-18-12/h4-10,14H,3H2,1-2H3. The first kappa shape index (κ1) is 12.8. The maximum absolute atomic E-state index is 5.22. The topological polar surface area (TPSA) is 29.3 Å². The maximum atomic E-state index is 5.22. The highest BCUT2D eigenvalue weighted by molar-refractivity contribution is 8.09. The zero-order valence-corrected chi connectivity index (χ0v) is 12.6. The maximum Gasteiger partial charge on any atom is 0.114 e. The van der Waals surface area contributed by atoms with Crippen LogP contribution in [0.2, 0.25) is 0 Å². The average Bonchev–Trinajstić information content (AvgIpc) is 3.14. The van der Waals surface area contributed by atoms with E-state index in [9.17, 15) is 0 Å². The molecule has 100 valence electrons. The molecule has 0 spiro atoms. The quantitative estimate of drug-likeness (QED) is 0.819. The Labute approximate surface area is 121 Å². The molecule has 0 saturated carbocycles. The second-order valence-corrected chi connectivity index (χ2v) is 6.69. The fourth-order valence-corrected chi connectivity index (χ4v) is 4.23. The molecule has 0 amide bonds. The van der Waals surface area contributed by atoms with Crippen LogP contribution in [0.1, 0.15) is 25.1 Å². The molecule has 1 aliphatic rings. The summed E-state index contributed by atoms with van der Waals surface area (Å²) in [5, 5.41) is 0.430. The molecular formula is C14H16N2OS2. The summed E-state index contributed by atoms with van der Waals surface area (Å²) in [5.74, 6) is 0.613. The Bertz CT molecular complexity index is 548. The van der Waals surface area contributed by atoms with Crippen LogP contribution in [0.3, 0.4) is 0 Å². The first-order valence-electron chi connectivity index (χ1n) is 6.37. The second-order valence-electron chi connectivity index (χ2n) is 4.64. The third kappa shape index (κ3) is 2.44. The monoisotopic (exact) mass is 292 g/mol. The summed E-state index contributed by atoms with van der Waals surface area (Å²) in [5.41, 5.74) is 3.01. The van der Waals surface area contributed by atoms with Crippen LogP contribution in [0, 0.1) is 5.92 Å². The van der Waals surface area contributed by atoms with Crippen molar-refractivity contribution in [2.45, 2.75) is 25.6 Å². The predicted octanol–water partition coefficient (Wildman–Crippen LogP) is 4.66. The molecule has 2 unspecified atom stereocenters. The highest BCUT2D eigenvalue weighted by atomic mass is 32.2. The van der Waals surface area contributed by atoms with E-state index in [0.29, 0.717) is 11.3 Å². The largest absolute Gasteiger partial charge is 0.470 e. The molecule has 1 aliphatic heterocycles. The first-order chi connectivity index (χ1) is 9.29. The van der Waals surface area contributed by atoms with Crippen molar-refractivity contribution in [2.75, 3.05) is 4.90 Å². The predicted molar refractivity (Wildman–Crippen MR) is 82.1 cm³/mol. The third-order valence-corrected chi connectivity index (χ3v) is 5.84. The molecule has 0 saturated heterocycles. The van der Waals surface area contributed by atoms with Crippen LogP contribution in [-0.2, 0) is 0 Å². The van der Waals surface area contributed by atoms with Gasteiger partial charge in [-0.25, -0.2) is 0 Å². The summed E-state index contributed by atoms with van der Waals surface area (Å²) in [6.45, 7) is 4.54. The van der Waals surface area contributed by atoms with Crippen LogP contribution in [0.25, 0.3) is 4.91 Å². The normalized spacial score (nSPS) is 20.6. The second kappa shape index (κ2) is 5.43. The molecule has 2 atom stereocenters. The number of thiazole rings is 1. The summed E-state index contributed by atoms with van der Waals surface area (Å²) in [7, 11) is 0. The summed E-state index contributed by atoms with van der Waals surface area (Å²) < 4.78 is 5.22. The van der Waals surface area contributed by atoms with E-state index in [1.54, 1.807) is 17.6 Å². The molecule has 0 aromatic carbocycles. The van der Waals surface area contributed by atoms with Gasteiger partial charge in [-0.2, -0.15) is 0 Å². The van der Waals surface area contributed by atoms with Gasteiger partial charge in [0, 0.05) is 23.4 Å². The molecule has 0 fully saturated rings. The number of furan rings is 1. The number of aromatic nitrogens is 1. The van der Waals surface area contributed by atoms with Crippen LogP contribution in [0.5, 0.6) is 0 Å². The molecule has 2 aromatic heterocycles. The first-order valence-corrected chi connectivity index (χ1v) is 8.13. The molecule has 2 aromatic rings. The van der Waals surface area contributed by atoms with Crippen LogP contribution in [-0.4, -0.2) is 10.4 Å². The Morgan fingerprint density at radius 2 is 2.42 bits per heavy atom. The summed E-state index contributed by atoms with van der Waals surface area (Å²) in [6.07, 6.45) is 8.86. The van der Waals surface area contributed by atoms with Crippen LogP contribution < -0.4 is 4.90 Å². The van der Waals surface area contributed by atoms with Crippen molar-refractivity contribution < 1.29 is 4.42 Å². The molecular weight excluding hydrogens is 276 g/mol. The van der Waals surface area contributed by atoms with Gasteiger partial charge in [-0.1, -0.05) is 32.0 Å². The Balaban J connectivity index is 1.92. The summed E-state index contributed by atoms with van der Waals surface area (Å²) in [6, 6.07) is 2.02. The molecule has 3 heterocycles. The van der Waals surface area contributed by atoms with Gasteiger partial charge in [0.05, 0.1) is 27.7 Å². The van der Waals surface area contributed by atoms with Crippen molar-refractivity contribution in [2.24, 2.45) is 5.92 Å². The lowest BCUT2D eigenvalue weighted by Crippen LogP contribution is -2.29. The van der Waals surface area contributed by atoms with Crippen molar-refractivity contribution >= 4 is 33.7 Å². The van der Waals surface area contributed by atoms with E-state index in [1.165, 1.54) is 9.78 Å². The Morgan fingerprint density at radius 3 is 3.05 bits per heavy atom. The minimum atomic E-state index is 0.430. The number of hydrogen-bond donors (Lipinski definition) is 0. The van der Waals surface area contributed by atoms with Gasteiger partial charge in [0.2, 0.25) is 0 Å².